The van der Waals surface area contributed by atoms with E-state index in [0.29, 0.717) is 12.2 Å². The van der Waals surface area contributed by atoms with Crippen LogP contribution in [-0.4, -0.2) is 24.9 Å². The standard InChI is InChI=1S/C15H20F3NO/c1-2-20-13-8-12(9-13)19-14(10-15(16,17)18)11-6-4-3-5-7-11/h3-7,12-14,19H,2,8-10H2,1H3. The molecule has 0 aliphatic heterocycles. The van der Waals surface area contributed by atoms with Crippen LogP contribution < -0.4 is 5.32 Å². The summed E-state index contributed by atoms with van der Waals surface area (Å²) in [7, 11) is 0. The molecular weight excluding hydrogens is 267 g/mol. The van der Waals surface area contributed by atoms with Crippen LogP contribution >= 0.6 is 0 Å². The molecule has 20 heavy (non-hydrogen) atoms. The van der Waals surface area contributed by atoms with Gasteiger partial charge in [0.2, 0.25) is 0 Å². The molecule has 0 aromatic heterocycles. The molecule has 5 heteroatoms. The van der Waals surface area contributed by atoms with Gasteiger partial charge in [0.05, 0.1) is 12.5 Å². The molecule has 1 unspecified atom stereocenters. The average Bonchev–Trinajstić information content (AvgIpc) is 2.35. The highest BCUT2D eigenvalue weighted by Gasteiger charge is 2.36. The highest BCUT2D eigenvalue weighted by Crippen LogP contribution is 2.32. The first-order valence-electron chi connectivity index (χ1n) is 6.97. The molecule has 1 aromatic rings. The van der Waals surface area contributed by atoms with E-state index in [1.165, 1.54) is 0 Å². The highest BCUT2D eigenvalue weighted by molar-refractivity contribution is 5.19. The molecule has 0 radical (unpaired) electrons. The quantitative estimate of drug-likeness (QED) is 0.858. The van der Waals surface area contributed by atoms with Crippen molar-refractivity contribution in [2.75, 3.05) is 6.61 Å². The van der Waals surface area contributed by atoms with Crippen molar-refractivity contribution in [1.29, 1.82) is 0 Å². The molecule has 2 nitrogen and oxygen atoms in total. The second-order valence-corrected chi connectivity index (χ2v) is 5.19. The zero-order chi connectivity index (χ0) is 14.6. The molecular formula is C15H20F3NO. The van der Waals surface area contributed by atoms with Crippen LogP contribution in [0.15, 0.2) is 30.3 Å². The lowest BCUT2D eigenvalue weighted by molar-refractivity contribution is -0.142. The van der Waals surface area contributed by atoms with Gasteiger partial charge in [-0.1, -0.05) is 30.3 Å². The SMILES string of the molecule is CCOC1CC(NC(CC(F)(F)F)c2ccccc2)C1. The molecule has 1 aromatic carbocycles. The molecule has 1 fully saturated rings. The Morgan fingerprint density at radius 1 is 1.25 bits per heavy atom. The molecule has 112 valence electrons. The van der Waals surface area contributed by atoms with Crippen LogP contribution in [0.2, 0.25) is 0 Å². The van der Waals surface area contributed by atoms with E-state index in [4.69, 9.17) is 4.74 Å². The van der Waals surface area contributed by atoms with Crippen molar-refractivity contribution < 1.29 is 17.9 Å². The molecule has 0 heterocycles. The van der Waals surface area contributed by atoms with Crippen molar-refractivity contribution in [2.24, 2.45) is 0 Å². The predicted octanol–water partition coefficient (Wildman–Crippen LogP) is 3.84. The van der Waals surface area contributed by atoms with Gasteiger partial charge in [-0.3, -0.25) is 0 Å². The Morgan fingerprint density at radius 2 is 1.90 bits per heavy atom. The second-order valence-electron chi connectivity index (χ2n) is 5.19. The van der Waals surface area contributed by atoms with Gasteiger partial charge in [0.15, 0.2) is 0 Å². The average molecular weight is 287 g/mol. The van der Waals surface area contributed by atoms with Gasteiger partial charge in [0, 0.05) is 18.7 Å². The van der Waals surface area contributed by atoms with E-state index >= 15 is 0 Å². The fourth-order valence-electron chi connectivity index (χ4n) is 2.55. The lowest BCUT2D eigenvalue weighted by atomic mass is 9.87. The van der Waals surface area contributed by atoms with Crippen molar-refractivity contribution >= 4 is 0 Å². The van der Waals surface area contributed by atoms with E-state index in [2.05, 4.69) is 5.32 Å². The number of rotatable bonds is 6. The molecule has 1 aliphatic rings. The summed E-state index contributed by atoms with van der Waals surface area (Å²) >= 11 is 0. The van der Waals surface area contributed by atoms with Gasteiger partial charge in [0.25, 0.3) is 0 Å². The van der Waals surface area contributed by atoms with Crippen LogP contribution in [0.5, 0.6) is 0 Å². The minimum Gasteiger partial charge on any atom is -0.378 e. The summed E-state index contributed by atoms with van der Waals surface area (Å²) in [4.78, 5) is 0. The molecule has 0 bridgehead atoms. The molecule has 1 aliphatic carbocycles. The van der Waals surface area contributed by atoms with E-state index in [0.717, 1.165) is 12.8 Å². The number of hydrogen-bond acceptors (Lipinski definition) is 2. The van der Waals surface area contributed by atoms with Crippen LogP contribution in [0.25, 0.3) is 0 Å². The third-order valence-corrected chi connectivity index (χ3v) is 3.57. The van der Waals surface area contributed by atoms with Crippen LogP contribution in [-0.2, 0) is 4.74 Å². The van der Waals surface area contributed by atoms with Crippen molar-refractivity contribution in [1.82, 2.24) is 5.32 Å². The molecule has 2 rings (SSSR count). The van der Waals surface area contributed by atoms with Gasteiger partial charge >= 0.3 is 6.18 Å². The van der Waals surface area contributed by atoms with Crippen LogP contribution in [0, 0.1) is 0 Å². The maximum Gasteiger partial charge on any atom is 0.390 e. The molecule has 1 saturated carbocycles. The Labute approximate surface area is 117 Å². The van der Waals surface area contributed by atoms with Gasteiger partial charge in [-0.05, 0) is 25.3 Å². The summed E-state index contributed by atoms with van der Waals surface area (Å²) in [5, 5.41) is 3.11. The van der Waals surface area contributed by atoms with E-state index < -0.39 is 18.6 Å². The summed E-state index contributed by atoms with van der Waals surface area (Å²) in [6, 6.07) is 8.25. The second kappa shape index (κ2) is 6.59. The topological polar surface area (TPSA) is 21.3 Å². The Balaban J connectivity index is 1.94. The van der Waals surface area contributed by atoms with Gasteiger partial charge < -0.3 is 10.1 Å². The zero-order valence-corrected chi connectivity index (χ0v) is 11.5. The van der Waals surface area contributed by atoms with Crippen LogP contribution in [0.1, 0.15) is 37.8 Å². The van der Waals surface area contributed by atoms with Crippen LogP contribution in [0.3, 0.4) is 0 Å². The summed E-state index contributed by atoms with van der Waals surface area (Å²) < 4.78 is 43.5. The number of alkyl halides is 3. The third-order valence-electron chi connectivity index (χ3n) is 3.57. The first-order chi connectivity index (χ1) is 9.48. The maximum atomic E-state index is 12.7. The maximum absolute atomic E-state index is 12.7. The lowest BCUT2D eigenvalue weighted by Crippen LogP contribution is -2.47. The zero-order valence-electron chi connectivity index (χ0n) is 11.5. The van der Waals surface area contributed by atoms with E-state index in [-0.39, 0.29) is 12.1 Å². The van der Waals surface area contributed by atoms with Gasteiger partial charge in [-0.2, -0.15) is 13.2 Å². The summed E-state index contributed by atoms with van der Waals surface area (Å²) in [5.74, 6) is 0. The van der Waals surface area contributed by atoms with Gasteiger partial charge in [0.1, 0.15) is 0 Å². The number of halogens is 3. The summed E-state index contributed by atoms with van der Waals surface area (Å²) in [6.45, 7) is 2.58. The lowest BCUT2D eigenvalue weighted by Gasteiger charge is -2.38. The molecule has 1 atom stereocenters. The van der Waals surface area contributed by atoms with E-state index in [1.54, 1.807) is 24.3 Å². The fraction of sp³-hybridized carbons (Fsp3) is 0.600. The molecule has 0 saturated heterocycles. The van der Waals surface area contributed by atoms with Gasteiger partial charge in [-0.15, -0.1) is 0 Å². The number of hydrogen-bond donors (Lipinski definition) is 1. The minimum absolute atomic E-state index is 0.110. The fourth-order valence-corrected chi connectivity index (χ4v) is 2.55. The van der Waals surface area contributed by atoms with Crippen LogP contribution in [0.4, 0.5) is 13.2 Å². The Kier molecular flexibility index (Phi) is 5.05. The normalized spacial score (nSPS) is 24.2. The smallest absolute Gasteiger partial charge is 0.378 e. The Morgan fingerprint density at radius 3 is 2.45 bits per heavy atom. The minimum atomic E-state index is -4.17. The largest absolute Gasteiger partial charge is 0.390 e. The van der Waals surface area contributed by atoms with Crippen molar-refractivity contribution in [3.8, 4) is 0 Å². The van der Waals surface area contributed by atoms with Crippen molar-refractivity contribution in [3.05, 3.63) is 35.9 Å². The van der Waals surface area contributed by atoms with E-state index in [1.807, 2.05) is 13.0 Å². The highest BCUT2D eigenvalue weighted by atomic mass is 19.4. The molecule has 1 N–H and O–H groups in total. The first kappa shape index (κ1) is 15.3. The van der Waals surface area contributed by atoms with E-state index in [9.17, 15) is 13.2 Å². The first-order valence-corrected chi connectivity index (χ1v) is 6.97. The van der Waals surface area contributed by atoms with Gasteiger partial charge in [-0.25, -0.2) is 0 Å². The summed E-state index contributed by atoms with van der Waals surface area (Å²) in [5.41, 5.74) is 0.685. The third kappa shape index (κ3) is 4.49. The number of nitrogens with one attached hydrogen (secondary N) is 1. The monoisotopic (exact) mass is 287 g/mol. The molecule has 0 spiro atoms. The Bertz CT molecular complexity index is 401. The predicted molar refractivity (Wildman–Crippen MR) is 71.4 cm³/mol. The molecule has 0 amide bonds. The Hall–Kier alpha value is -1.07. The van der Waals surface area contributed by atoms with Crippen molar-refractivity contribution in [2.45, 2.75) is 50.6 Å². The summed E-state index contributed by atoms with van der Waals surface area (Å²) in [6.07, 6.45) is -3.24. The van der Waals surface area contributed by atoms with Crippen molar-refractivity contribution in [3.63, 3.8) is 0 Å². The number of benzene rings is 1. The number of ether oxygens (including phenoxy) is 1.